The van der Waals surface area contributed by atoms with E-state index in [2.05, 4.69) is 4.98 Å². The van der Waals surface area contributed by atoms with Gasteiger partial charge in [0.1, 0.15) is 6.07 Å². The summed E-state index contributed by atoms with van der Waals surface area (Å²) in [6.07, 6.45) is 0. The minimum absolute atomic E-state index is 0.179. The Morgan fingerprint density at radius 3 is 2.65 bits per heavy atom. The molecule has 0 unspecified atom stereocenters. The average Bonchev–Trinajstić information content (AvgIpc) is 2.33. The number of hydrogen-bond donors (Lipinski definition) is 1. The summed E-state index contributed by atoms with van der Waals surface area (Å²) in [6, 6.07) is 10.3. The third-order valence-corrected chi connectivity index (χ3v) is 2.80. The lowest BCUT2D eigenvalue weighted by atomic mass is 10.1. The summed E-state index contributed by atoms with van der Waals surface area (Å²) in [7, 11) is 0. The van der Waals surface area contributed by atoms with Crippen LogP contribution in [0.3, 0.4) is 0 Å². The Balaban J connectivity index is 2.61. The van der Waals surface area contributed by atoms with Crippen LogP contribution in [-0.2, 0) is 0 Å². The quantitative estimate of drug-likeness (QED) is 0.857. The van der Waals surface area contributed by atoms with Gasteiger partial charge in [-0.2, -0.15) is 5.26 Å². The first-order chi connectivity index (χ1) is 8.11. The van der Waals surface area contributed by atoms with Crippen LogP contribution >= 0.6 is 23.2 Å². The molecule has 0 atom stereocenters. The van der Waals surface area contributed by atoms with Crippen molar-refractivity contribution < 1.29 is 0 Å². The lowest BCUT2D eigenvalue weighted by Gasteiger charge is -2.05. The van der Waals surface area contributed by atoms with Gasteiger partial charge in [-0.15, -0.1) is 0 Å². The van der Waals surface area contributed by atoms with E-state index in [9.17, 15) is 0 Å². The van der Waals surface area contributed by atoms with E-state index in [1.54, 1.807) is 30.3 Å². The number of pyridine rings is 1. The summed E-state index contributed by atoms with van der Waals surface area (Å²) in [5.74, 6) is 0. The number of nitrogens with zero attached hydrogens (tertiary/aromatic N) is 2. The molecule has 0 fully saturated rings. The second-order valence-corrected chi connectivity index (χ2v) is 4.21. The number of benzene rings is 1. The molecule has 1 heterocycles. The van der Waals surface area contributed by atoms with E-state index in [0.717, 1.165) is 0 Å². The maximum Gasteiger partial charge on any atom is 0.164 e. The van der Waals surface area contributed by atoms with Crippen molar-refractivity contribution in [2.75, 3.05) is 5.73 Å². The van der Waals surface area contributed by atoms with E-state index in [0.29, 0.717) is 27.0 Å². The van der Waals surface area contributed by atoms with Crippen LogP contribution in [0, 0.1) is 11.3 Å². The lowest BCUT2D eigenvalue weighted by Crippen LogP contribution is -1.95. The summed E-state index contributed by atoms with van der Waals surface area (Å²) in [5, 5.41) is 9.94. The van der Waals surface area contributed by atoms with Gasteiger partial charge in [0, 0.05) is 10.6 Å². The normalized spacial score (nSPS) is 9.94. The molecule has 1 aromatic carbocycles. The number of anilines is 1. The maximum atomic E-state index is 8.86. The van der Waals surface area contributed by atoms with E-state index >= 15 is 0 Å². The van der Waals surface area contributed by atoms with Gasteiger partial charge in [0.2, 0.25) is 0 Å². The number of nitriles is 1. The Kier molecular flexibility index (Phi) is 3.19. The summed E-state index contributed by atoms with van der Waals surface area (Å²) in [4.78, 5) is 4.13. The molecule has 2 rings (SSSR count). The molecule has 3 nitrogen and oxygen atoms in total. The standard InChI is InChI=1S/C12H7Cl2N3/c13-7-1-2-9(14)8(5-7)11-4-3-10(16)12(6-15)17-11/h1-5H,16H2. The molecule has 2 N–H and O–H groups in total. The molecular formula is C12H7Cl2N3. The van der Waals surface area contributed by atoms with E-state index in [-0.39, 0.29) is 5.69 Å². The Labute approximate surface area is 108 Å². The van der Waals surface area contributed by atoms with Crippen molar-refractivity contribution in [3.63, 3.8) is 0 Å². The average molecular weight is 264 g/mol. The fourth-order valence-corrected chi connectivity index (χ4v) is 1.79. The van der Waals surface area contributed by atoms with E-state index in [1.165, 1.54) is 0 Å². The zero-order valence-corrected chi connectivity index (χ0v) is 10.1. The Bertz CT molecular complexity index is 618. The number of rotatable bonds is 1. The Hall–Kier alpha value is -1.76. The first-order valence-corrected chi connectivity index (χ1v) is 5.49. The van der Waals surface area contributed by atoms with Crippen molar-refractivity contribution in [3.05, 3.63) is 46.1 Å². The molecule has 17 heavy (non-hydrogen) atoms. The Morgan fingerprint density at radius 1 is 1.18 bits per heavy atom. The molecule has 2 aromatic rings. The highest BCUT2D eigenvalue weighted by Crippen LogP contribution is 2.30. The highest BCUT2D eigenvalue weighted by molar-refractivity contribution is 6.35. The van der Waals surface area contributed by atoms with Gasteiger partial charge in [0.25, 0.3) is 0 Å². The Morgan fingerprint density at radius 2 is 1.94 bits per heavy atom. The highest BCUT2D eigenvalue weighted by Gasteiger charge is 2.08. The van der Waals surface area contributed by atoms with Crippen LogP contribution in [0.25, 0.3) is 11.3 Å². The smallest absolute Gasteiger partial charge is 0.164 e. The summed E-state index contributed by atoms with van der Waals surface area (Å²) in [5.41, 5.74) is 7.37. The van der Waals surface area contributed by atoms with Crippen molar-refractivity contribution in [3.8, 4) is 17.3 Å². The van der Waals surface area contributed by atoms with Gasteiger partial charge in [-0.1, -0.05) is 23.2 Å². The zero-order valence-electron chi connectivity index (χ0n) is 8.61. The van der Waals surface area contributed by atoms with Crippen LogP contribution < -0.4 is 5.73 Å². The van der Waals surface area contributed by atoms with Gasteiger partial charge >= 0.3 is 0 Å². The molecule has 0 saturated heterocycles. The van der Waals surface area contributed by atoms with E-state index < -0.39 is 0 Å². The monoisotopic (exact) mass is 263 g/mol. The second kappa shape index (κ2) is 4.62. The number of hydrogen-bond acceptors (Lipinski definition) is 3. The predicted molar refractivity (Wildman–Crippen MR) is 68.8 cm³/mol. The van der Waals surface area contributed by atoms with Crippen LogP contribution in [-0.4, -0.2) is 4.98 Å². The topological polar surface area (TPSA) is 62.7 Å². The molecule has 5 heteroatoms. The minimum atomic E-state index is 0.179. The number of nitrogen functional groups attached to an aromatic ring is 1. The third-order valence-electron chi connectivity index (χ3n) is 2.24. The van der Waals surface area contributed by atoms with Gasteiger partial charge in [0.05, 0.1) is 16.4 Å². The third kappa shape index (κ3) is 2.33. The predicted octanol–water partition coefficient (Wildman–Crippen LogP) is 3.51. The molecule has 1 aromatic heterocycles. The van der Waals surface area contributed by atoms with Crippen LogP contribution in [0.5, 0.6) is 0 Å². The highest BCUT2D eigenvalue weighted by atomic mass is 35.5. The van der Waals surface area contributed by atoms with Crippen molar-refractivity contribution in [1.82, 2.24) is 4.98 Å². The first-order valence-electron chi connectivity index (χ1n) is 4.74. The number of aromatic nitrogens is 1. The second-order valence-electron chi connectivity index (χ2n) is 3.37. The van der Waals surface area contributed by atoms with E-state index in [4.69, 9.17) is 34.2 Å². The summed E-state index contributed by atoms with van der Waals surface area (Å²) >= 11 is 11.9. The number of halogens is 2. The molecular weight excluding hydrogens is 257 g/mol. The summed E-state index contributed by atoms with van der Waals surface area (Å²) < 4.78 is 0. The molecule has 0 spiro atoms. The zero-order chi connectivity index (χ0) is 12.4. The molecule has 0 radical (unpaired) electrons. The largest absolute Gasteiger partial charge is 0.396 e. The number of nitrogens with two attached hydrogens (primary N) is 1. The molecule has 0 saturated carbocycles. The molecule has 84 valence electrons. The molecule has 0 aliphatic rings. The first kappa shape index (κ1) is 11.7. The van der Waals surface area contributed by atoms with Crippen LogP contribution in [0.15, 0.2) is 30.3 Å². The van der Waals surface area contributed by atoms with Crippen molar-refractivity contribution in [2.45, 2.75) is 0 Å². The SMILES string of the molecule is N#Cc1nc(-c2cc(Cl)ccc2Cl)ccc1N. The van der Waals surface area contributed by atoms with Crippen molar-refractivity contribution in [1.29, 1.82) is 5.26 Å². The molecule has 0 aliphatic carbocycles. The van der Waals surface area contributed by atoms with Gasteiger partial charge in [-0.25, -0.2) is 4.98 Å². The van der Waals surface area contributed by atoms with Crippen LogP contribution in [0.4, 0.5) is 5.69 Å². The minimum Gasteiger partial charge on any atom is -0.396 e. The fraction of sp³-hybridized carbons (Fsp3) is 0. The molecule has 0 bridgehead atoms. The van der Waals surface area contributed by atoms with Gasteiger partial charge < -0.3 is 5.73 Å². The van der Waals surface area contributed by atoms with Gasteiger partial charge in [-0.05, 0) is 30.3 Å². The van der Waals surface area contributed by atoms with E-state index in [1.807, 2.05) is 6.07 Å². The van der Waals surface area contributed by atoms with Crippen molar-refractivity contribution in [2.24, 2.45) is 0 Å². The van der Waals surface area contributed by atoms with Crippen LogP contribution in [0.2, 0.25) is 10.0 Å². The van der Waals surface area contributed by atoms with Gasteiger partial charge in [0.15, 0.2) is 5.69 Å². The maximum absolute atomic E-state index is 8.86. The molecule has 0 aliphatic heterocycles. The summed E-state index contributed by atoms with van der Waals surface area (Å²) in [6.45, 7) is 0. The van der Waals surface area contributed by atoms with Crippen molar-refractivity contribution >= 4 is 28.9 Å². The fourth-order valence-electron chi connectivity index (χ4n) is 1.40. The molecule has 0 amide bonds. The van der Waals surface area contributed by atoms with Crippen LogP contribution in [0.1, 0.15) is 5.69 Å². The van der Waals surface area contributed by atoms with Gasteiger partial charge in [-0.3, -0.25) is 0 Å². The lowest BCUT2D eigenvalue weighted by molar-refractivity contribution is 1.27.